The van der Waals surface area contributed by atoms with Crippen LogP contribution in [-0.2, 0) is 14.3 Å². The van der Waals surface area contributed by atoms with Gasteiger partial charge in [0.15, 0.2) is 16.9 Å². The summed E-state index contributed by atoms with van der Waals surface area (Å²) in [6, 6.07) is 7.19. The number of carbonyl (C=O) groups excluding carboxylic acids is 1. The van der Waals surface area contributed by atoms with Gasteiger partial charge in [-0.15, -0.1) is 0 Å². The van der Waals surface area contributed by atoms with E-state index in [0.29, 0.717) is 0 Å². The highest BCUT2D eigenvalue weighted by atomic mass is 16.7. The highest BCUT2D eigenvalue weighted by molar-refractivity contribution is 5.86. The van der Waals surface area contributed by atoms with Crippen LogP contribution < -0.4 is 10.2 Å². The molecule has 6 N–H and O–H groups in total. The molecule has 35 heavy (non-hydrogen) atoms. The minimum absolute atomic E-state index is 0.0169. The minimum Gasteiger partial charge on any atom is -0.507 e. The van der Waals surface area contributed by atoms with E-state index in [1.54, 1.807) is 0 Å². The van der Waals surface area contributed by atoms with Crippen molar-refractivity contribution < 1.29 is 54.1 Å². The van der Waals surface area contributed by atoms with Gasteiger partial charge in [0.2, 0.25) is 6.29 Å². The van der Waals surface area contributed by atoms with Crippen LogP contribution in [-0.4, -0.2) is 73.9 Å². The van der Waals surface area contributed by atoms with Crippen LogP contribution in [0.4, 0.5) is 0 Å². The minimum atomic E-state index is -1.71. The number of aliphatic hydroxyl groups excluding tert-OH is 3. The van der Waals surface area contributed by atoms with E-state index in [-0.39, 0.29) is 33.8 Å². The molecule has 2 aromatic carbocycles. The van der Waals surface area contributed by atoms with Crippen molar-refractivity contribution >= 4 is 16.9 Å². The second-order valence-corrected chi connectivity index (χ2v) is 7.93. The van der Waals surface area contributed by atoms with Crippen LogP contribution in [0.1, 0.15) is 6.92 Å². The molecule has 1 aliphatic rings. The molecule has 0 amide bonds. The summed E-state index contributed by atoms with van der Waals surface area (Å²) < 4.78 is 21.5. The quantitative estimate of drug-likeness (QED) is 0.212. The van der Waals surface area contributed by atoms with Crippen LogP contribution in [0.25, 0.3) is 22.3 Å². The van der Waals surface area contributed by atoms with Gasteiger partial charge in [-0.1, -0.05) is 0 Å². The van der Waals surface area contributed by atoms with Gasteiger partial charge in [-0.05, 0) is 18.2 Å². The van der Waals surface area contributed by atoms with Crippen molar-refractivity contribution in [2.75, 3.05) is 6.61 Å². The SMILES string of the molecule is CC(=O)OC[C@H]1O[C@@H](Oc2cc(O)c3c(=O)cc(-c4ccc(O)c(O)c4)oc3c2)[C@H](O)[C@@H](O)[C@@H]1O. The topological polar surface area (TPSA) is 196 Å². The molecular weight excluding hydrogens is 468 g/mol. The number of hydrogen-bond acceptors (Lipinski definition) is 12. The molecule has 1 aliphatic heterocycles. The van der Waals surface area contributed by atoms with Gasteiger partial charge < -0.3 is 49.3 Å². The zero-order valence-electron chi connectivity index (χ0n) is 18.2. The van der Waals surface area contributed by atoms with Gasteiger partial charge in [0.05, 0.1) is 0 Å². The molecule has 12 heteroatoms. The summed E-state index contributed by atoms with van der Waals surface area (Å²) in [5, 5.41) is 60.0. The Balaban J connectivity index is 1.66. The molecular formula is C23H22O12. The van der Waals surface area contributed by atoms with Gasteiger partial charge in [0.25, 0.3) is 0 Å². The number of fused-ring (bicyclic) bond motifs is 1. The normalized spacial score (nSPS) is 24.3. The molecule has 0 spiro atoms. The first-order valence-electron chi connectivity index (χ1n) is 10.4. The van der Waals surface area contributed by atoms with E-state index in [2.05, 4.69) is 0 Å². The first-order valence-corrected chi connectivity index (χ1v) is 10.4. The standard InChI is InChI=1S/C23H22O12/c1-9(24)32-8-18-20(29)21(30)22(31)23(35-18)33-11-5-14(27)19-15(28)7-16(34-17(19)6-11)10-2-3-12(25)13(26)4-10/h2-7,18,20-23,25-27,29-31H,8H2,1H3/t18-,20-,21+,22-,23-/m1/s1. The third-order valence-corrected chi connectivity index (χ3v) is 5.41. The maximum absolute atomic E-state index is 12.6. The summed E-state index contributed by atoms with van der Waals surface area (Å²) in [7, 11) is 0. The maximum Gasteiger partial charge on any atom is 0.302 e. The number of aliphatic hydroxyl groups is 3. The Morgan fingerprint density at radius 3 is 2.37 bits per heavy atom. The number of carbonyl (C=O) groups is 1. The van der Waals surface area contributed by atoms with E-state index in [1.165, 1.54) is 24.3 Å². The lowest BCUT2D eigenvalue weighted by Crippen LogP contribution is -2.60. The average molecular weight is 490 g/mol. The summed E-state index contributed by atoms with van der Waals surface area (Å²) in [6.07, 6.45) is -7.75. The molecule has 0 unspecified atom stereocenters. The Bertz CT molecular complexity index is 1320. The molecule has 0 aliphatic carbocycles. The number of benzene rings is 2. The molecule has 3 aromatic rings. The van der Waals surface area contributed by atoms with Gasteiger partial charge in [-0.3, -0.25) is 9.59 Å². The third kappa shape index (κ3) is 4.86. The molecule has 0 saturated carbocycles. The molecule has 2 heterocycles. The Hall–Kier alpha value is -3.84. The summed E-state index contributed by atoms with van der Waals surface area (Å²) in [5.41, 5.74) is -0.453. The van der Waals surface area contributed by atoms with E-state index in [9.17, 15) is 40.2 Å². The molecule has 5 atom stereocenters. The van der Waals surface area contributed by atoms with Gasteiger partial charge in [0.1, 0.15) is 59.3 Å². The van der Waals surface area contributed by atoms with Gasteiger partial charge >= 0.3 is 5.97 Å². The molecule has 1 saturated heterocycles. The van der Waals surface area contributed by atoms with Crippen LogP contribution in [0, 0.1) is 0 Å². The lowest BCUT2D eigenvalue weighted by molar-refractivity contribution is -0.278. The number of phenolic OH excluding ortho intramolecular Hbond substituents is 3. The lowest BCUT2D eigenvalue weighted by Gasteiger charge is -2.39. The van der Waals surface area contributed by atoms with Gasteiger partial charge in [0, 0.05) is 30.7 Å². The second-order valence-electron chi connectivity index (χ2n) is 7.93. The van der Waals surface area contributed by atoms with Crippen LogP contribution >= 0.6 is 0 Å². The molecule has 4 rings (SSSR count). The van der Waals surface area contributed by atoms with E-state index in [4.69, 9.17) is 18.6 Å². The molecule has 1 aromatic heterocycles. The lowest BCUT2D eigenvalue weighted by atomic mass is 9.99. The number of aromatic hydroxyl groups is 3. The van der Waals surface area contributed by atoms with Gasteiger partial charge in [-0.25, -0.2) is 0 Å². The number of rotatable bonds is 5. The van der Waals surface area contributed by atoms with E-state index < -0.39 is 60.2 Å². The monoisotopic (exact) mass is 490 g/mol. The van der Waals surface area contributed by atoms with Crippen molar-refractivity contribution in [3.63, 3.8) is 0 Å². The van der Waals surface area contributed by atoms with Crippen molar-refractivity contribution in [2.24, 2.45) is 0 Å². The van der Waals surface area contributed by atoms with E-state index in [0.717, 1.165) is 19.1 Å². The zero-order chi connectivity index (χ0) is 25.4. The summed E-state index contributed by atoms with van der Waals surface area (Å²) in [5.74, 6) is -2.06. The maximum atomic E-state index is 12.6. The molecule has 12 nitrogen and oxygen atoms in total. The van der Waals surface area contributed by atoms with Crippen molar-refractivity contribution in [1.29, 1.82) is 0 Å². The summed E-state index contributed by atoms with van der Waals surface area (Å²) >= 11 is 0. The number of phenols is 3. The van der Waals surface area contributed by atoms with E-state index in [1.807, 2.05) is 0 Å². The van der Waals surface area contributed by atoms with Crippen LogP contribution in [0.5, 0.6) is 23.0 Å². The molecule has 0 radical (unpaired) electrons. The fourth-order valence-electron chi connectivity index (χ4n) is 3.62. The number of ether oxygens (including phenoxy) is 3. The fourth-order valence-corrected chi connectivity index (χ4v) is 3.62. The Labute approximate surface area is 196 Å². The highest BCUT2D eigenvalue weighted by Crippen LogP contribution is 2.35. The molecule has 186 valence electrons. The van der Waals surface area contributed by atoms with Crippen molar-refractivity contribution in [1.82, 2.24) is 0 Å². The predicted molar refractivity (Wildman–Crippen MR) is 117 cm³/mol. The van der Waals surface area contributed by atoms with Gasteiger partial charge in [-0.2, -0.15) is 0 Å². The van der Waals surface area contributed by atoms with Crippen molar-refractivity contribution in [3.8, 4) is 34.3 Å². The molecule has 0 bridgehead atoms. The number of esters is 1. The Morgan fingerprint density at radius 2 is 1.69 bits per heavy atom. The first-order chi connectivity index (χ1) is 16.5. The Kier molecular flexibility index (Phi) is 6.54. The first kappa shape index (κ1) is 24.3. The van der Waals surface area contributed by atoms with E-state index >= 15 is 0 Å². The van der Waals surface area contributed by atoms with Crippen LogP contribution in [0.2, 0.25) is 0 Å². The van der Waals surface area contributed by atoms with Crippen molar-refractivity contribution in [3.05, 3.63) is 46.6 Å². The molecule has 1 fully saturated rings. The summed E-state index contributed by atoms with van der Waals surface area (Å²) in [4.78, 5) is 23.7. The summed E-state index contributed by atoms with van der Waals surface area (Å²) in [6.45, 7) is 0.731. The smallest absolute Gasteiger partial charge is 0.302 e. The van der Waals surface area contributed by atoms with Crippen molar-refractivity contribution in [2.45, 2.75) is 37.6 Å². The van der Waals surface area contributed by atoms with Crippen LogP contribution in [0.3, 0.4) is 0 Å². The largest absolute Gasteiger partial charge is 0.507 e. The number of hydrogen-bond donors (Lipinski definition) is 6. The Morgan fingerprint density at radius 1 is 0.943 bits per heavy atom. The zero-order valence-corrected chi connectivity index (χ0v) is 18.2. The predicted octanol–water partition coefficient (Wildman–Crippen LogP) is 0.326. The fraction of sp³-hybridized carbons (Fsp3) is 0.304. The third-order valence-electron chi connectivity index (χ3n) is 5.41. The average Bonchev–Trinajstić information content (AvgIpc) is 2.79. The second kappa shape index (κ2) is 9.43. The van der Waals surface area contributed by atoms with Crippen LogP contribution in [0.15, 0.2) is 45.6 Å². The highest BCUT2D eigenvalue weighted by Gasteiger charge is 2.45.